The molecule has 3 atom stereocenters. The fourth-order valence-electron chi connectivity index (χ4n) is 3.48. The molecule has 3 aliphatic rings. The molecule has 7 nitrogen and oxygen atoms in total. The van der Waals surface area contributed by atoms with Gasteiger partial charge >= 0.3 is 0 Å². The Balaban J connectivity index is 1.56. The van der Waals surface area contributed by atoms with E-state index in [1.54, 1.807) is 22.1 Å². The zero-order valence-electron chi connectivity index (χ0n) is 13.3. The summed E-state index contributed by atoms with van der Waals surface area (Å²) in [6, 6.07) is -0.139. The largest absolute Gasteiger partial charge is 0.374 e. The normalized spacial score (nSPS) is 32.1. The van der Waals surface area contributed by atoms with E-state index in [9.17, 15) is 8.42 Å². The minimum atomic E-state index is -3.60. The van der Waals surface area contributed by atoms with Crippen molar-refractivity contribution in [3.63, 3.8) is 0 Å². The molecule has 0 N–H and O–H groups in total. The van der Waals surface area contributed by atoms with Crippen molar-refractivity contribution in [3.05, 3.63) is 12.5 Å². The van der Waals surface area contributed by atoms with Crippen molar-refractivity contribution in [3.8, 4) is 0 Å². The number of fused-ring (bicyclic) bond motifs is 1. The third kappa shape index (κ3) is 2.93. The van der Waals surface area contributed by atoms with Crippen molar-refractivity contribution in [2.24, 2.45) is 13.0 Å². The van der Waals surface area contributed by atoms with Crippen LogP contribution in [0.15, 0.2) is 17.6 Å². The Bertz CT molecular complexity index is 670. The molecule has 2 aliphatic heterocycles. The van der Waals surface area contributed by atoms with Gasteiger partial charge in [-0.25, -0.2) is 13.4 Å². The van der Waals surface area contributed by atoms with E-state index in [0.29, 0.717) is 25.7 Å². The smallest absolute Gasteiger partial charge is 0.262 e. The summed E-state index contributed by atoms with van der Waals surface area (Å²) in [5.41, 5.74) is 0. The van der Waals surface area contributed by atoms with E-state index in [1.165, 1.54) is 19.2 Å². The van der Waals surface area contributed by atoms with Crippen LogP contribution >= 0.6 is 0 Å². The van der Waals surface area contributed by atoms with Crippen molar-refractivity contribution in [2.45, 2.75) is 49.0 Å². The number of imidazole rings is 1. The number of hydrogen-bond acceptors (Lipinski definition) is 5. The van der Waals surface area contributed by atoms with Gasteiger partial charge in [-0.1, -0.05) is 0 Å². The predicted octanol–water partition coefficient (Wildman–Crippen LogP) is 0.767. The van der Waals surface area contributed by atoms with Gasteiger partial charge in [0.1, 0.15) is 6.10 Å². The van der Waals surface area contributed by atoms with Crippen LogP contribution in [-0.4, -0.2) is 60.3 Å². The highest BCUT2D eigenvalue weighted by molar-refractivity contribution is 7.89. The second-order valence-corrected chi connectivity index (χ2v) is 8.65. The number of aryl methyl sites for hydroxylation is 1. The molecule has 3 heterocycles. The van der Waals surface area contributed by atoms with Gasteiger partial charge in [-0.05, 0) is 31.6 Å². The van der Waals surface area contributed by atoms with E-state index >= 15 is 0 Å². The summed E-state index contributed by atoms with van der Waals surface area (Å²) >= 11 is 0. The Morgan fingerprint density at radius 2 is 2.22 bits per heavy atom. The Morgan fingerprint density at radius 3 is 2.91 bits per heavy atom. The molecule has 1 aromatic rings. The first-order chi connectivity index (χ1) is 11.1. The first kappa shape index (κ1) is 15.6. The molecule has 0 aromatic carbocycles. The standard InChI is InChI=1S/C15H23N3O4S/c1-17-8-14(16-10-17)23(19,20)18-7-13(22-9-11-4-5-11)15-12(18)3-2-6-21-15/h8,10-13,15H,2-7,9H2,1H3/t12-,13-,15+/m1/s1. The maximum Gasteiger partial charge on any atom is 0.262 e. The van der Waals surface area contributed by atoms with E-state index in [4.69, 9.17) is 9.47 Å². The topological polar surface area (TPSA) is 73.7 Å². The number of nitrogens with zero attached hydrogens (tertiary/aromatic N) is 3. The molecular formula is C15H23N3O4S. The molecule has 128 valence electrons. The number of rotatable bonds is 5. The van der Waals surface area contributed by atoms with Gasteiger partial charge in [0.05, 0.1) is 18.5 Å². The van der Waals surface area contributed by atoms with Crippen molar-refractivity contribution >= 4 is 10.0 Å². The van der Waals surface area contributed by atoms with Crippen LogP contribution in [0.3, 0.4) is 0 Å². The average Bonchev–Trinajstić information content (AvgIpc) is 3.13. The van der Waals surface area contributed by atoms with Gasteiger partial charge in [0.15, 0.2) is 5.03 Å². The minimum absolute atomic E-state index is 0.104. The van der Waals surface area contributed by atoms with Crippen LogP contribution in [0.25, 0.3) is 0 Å². The lowest BCUT2D eigenvalue weighted by atomic mass is 10.0. The molecule has 23 heavy (non-hydrogen) atoms. The van der Waals surface area contributed by atoms with Crippen LogP contribution in [0.5, 0.6) is 0 Å². The van der Waals surface area contributed by atoms with Crippen LogP contribution in [0.2, 0.25) is 0 Å². The molecule has 4 rings (SSSR count). The lowest BCUT2D eigenvalue weighted by molar-refractivity contribution is -0.0773. The molecule has 0 radical (unpaired) electrons. The maximum absolute atomic E-state index is 12.9. The van der Waals surface area contributed by atoms with Crippen LogP contribution in [0.1, 0.15) is 25.7 Å². The van der Waals surface area contributed by atoms with Gasteiger partial charge in [0, 0.05) is 33.0 Å². The molecule has 0 unspecified atom stereocenters. The van der Waals surface area contributed by atoms with Crippen molar-refractivity contribution in [2.75, 3.05) is 19.8 Å². The second-order valence-electron chi connectivity index (χ2n) is 6.81. The van der Waals surface area contributed by atoms with E-state index in [2.05, 4.69) is 4.98 Å². The Labute approximate surface area is 136 Å². The highest BCUT2D eigenvalue weighted by Crippen LogP contribution is 2.36. The third-order valence-corrected chi connectivity index (χ3v) is 6.70. The van der Waals surface area contributed by atoms with E-state index in [-0.39, 0.29) is 23.3 Å². The Morgan fingerprint density at radius 1 is 1.39 bits per heavy atom. The third-order valence-electron chi connectivity index (χ3n) is 4.93. The molecule has 0 spiro atoms. The molecule has 1 aliphatic carbocycles. The maximum atomic E-state index is 12.9. The predicted molar refractivity (Wildman–Crippen MR) is 82.3 cm³/mol. The summed E-state index contributed by atoms with van der Waals surface area (Å²) in [6.07, 6.45) is 6.88. The van der Waals surface area contributed by atoms with Crippen molar-refractivity contribution in [1.82, 2.24) is 13.9 Å². The zero-order chi connectivity index (χ0) is 16.0. The van der Waals surface area contributed by atoms with E-state index in [1.807, 2.05) is 0 Å². The molecule has 8 heteroatoms. The summed E-state index contributed by atoms with van der Waals surface area (Å²) in [5, 5.41) is 0.104. The van der Waals surface area contributed by atoms with Crippen molar-refractivity contribution < 1.29 is 17.9 Å². The zero-order valence-corrected chi connectivity index (χ0v) is 14.1. The monoisotopic (exact) mass is 341 g/mol. The lowest BCUT2D eigenvalue weighted by Crippen LogP contribution is -2.44. The average molecular weight is 341 g/mol. The molecule has 3 fully saturated rings. The number of hydrogen-bond donors (Lipinski definition) is 0. The number of aromatic nitrogens is 2. The molecular weight excluding hydrogens is 318 g/mol. The van der Waals surface area contributed by atoms with Crippen LogP contribution in [-0.2, 0) is 26.5 Å². The summed E-state index contributed by atoms with van der Waals surface area (Å²) < 4.78 is 41.0. The highest BCUT2D eigenvalue weighted by atomic mass is 32.2. The number of ether oxygens (including phenoxy) is 2. The van der Waals surface area contributed by atoms with Gasteiger partial charge < -0.3 is 14.0 Å². The SMILES string of the molecule is Cn1cnc(S(=O)(=O)N2C[C@@H](OCC3CC3)[C@H]3OCCC[C@H]32)c1. The second kappa shape index (κ2) is 5.84. The quantitative estimate of drug-likeness (QED) is 0.791. The molecule has 0 bridgehead atoms. The van der Waals surface area contributed by atoms with Gasteiger partial charge in [0.25, 0.3) is 10.0 Å². The molecule has 2 saturated heterocycles. The summed E-state index contributed by atoms with van der Waals surface area (Å²) in [4.78, 5) is 4.03. The van der Waals surface area contributed by atoms with E-state index < -0.39 is 10.0 Å². The first-order valence-corrected chi connectivity index (χ1v) is 9.73. The Hall–Kier alpha value is -0.960. The van der Waals surface area contributed by atoms with Crippen LogP contribution in [0, 0.1) is 5.92 Å². The van der Waals surface area contributed by atoms with Crippen LogP contribution in [0.4, 0.5) is 0 Å². The molecule has 1 aromatic heterocycles. The van der Waals surface area contributed by atoms with Gasteiger partial charge in [-0.2, -0.15) is 4.31 Å². The van der Waals surface area contributed by atoms with Gasteiger partial charge in [0.2, 0.25) is 0 Å². The van der Waals surface area contributed by atoms with Gasteiger partial charge in [-0.3, -0.25) is 0 Å². The first-order valence-electron chi connectivity index (χ1n) is 8.29. The number of sulfonamides is 1. The van der Waals surface area contributed by atoms with Crippen LogP contribution < -0.4 is 0 Å². The summed E-state index contributed by atoms with van der Waals surface area (Å²) in [5.74, 6) is 0.651. The van der Waals surface area contributed by atoms with Crippen molar-refractivity contribution in [1.29, 1.82) is 0 Å². The Kier molecular flexibility index (Phi) is 3.95. The van der Waals surface area contributed by atoms with Gasteiger partial charge in [-0.15, -0.1) is 0 Å². The fraction of sp³-hybridized carbons (Fsp3) is 0.800. The lowest BCUT2D eigenvalue weighted by Gasteiger charge is -2.31. The summed E-state index contributed by atoms with van der Waals surface area (Å²) in [6.45, 7) is 1.76. The highest BCUT2D eigenvalue weighted by Gasteiger charge is 2.50. The fourth-order valence-corrected chi connectivity index (χ4v) is 5.12. The molecule has 0 amide bonds. The molecule has 1 saturated carbocycles. The van der Waals surface area contributed by atoms with E-state index in [0.717, 1.165) is 12.8 Å². The minimum Gasteiger partial charge on any atom is -0.374 e. The summed E-state index contributed by atoms with van der Waals surface area (Å²) in [7, 11) is -1.83.